The van der Waals surface area contributed by atoms with Crippen LogP contribution in [-0.2, 0) is 12.0 Å². The average Bonchev–Trinajstić information content (AvgIpc) is 3.08. The Morgan fingerprint density at radius 2 is 2.37 bits per heavy atom. The zero-order valence-electron chi connectivity index (χ0n) is 11.3. The third kappa shape index (κ3) is 2.14. The van der Waals surface area contributed by atoms with Gasteiger partial charge in [-0.1, -0.05) is 12.1 Å². The highest BCUT2D eigenvalue weighted by molar-refractivity contribution is 5.58. The number of nitrogens with one attached hydrogen (secondary N) is 1. The molecule has 2 aromatic heterocycles. The first-order valence-electron chi connectivity index (χ1n) is 6.75. The van der Waals surface area contributed by atoms with E-state index >= 15 is 0 Å². The second-order valence-electron chi connectivity index (χ2n) is 5.17. The van der Waals surface area contributed by atoms with Gasteiger partial charge in [0.15, 0.2) is 0 Å². The van der Waals surface area contributed by atoms with Crippen molar-refractivity contribution in [2.75, 3.05) is 6.54 Å². The number of rotatable bonds is 3. The van der Waals surface area contributed by atoms with E-state index in [-0.39, 0.29) is 5.54 Å². The summed E-state index contributed by atoms with van der Waals surface area (Å²) >= 11 is 0. The monoisotopic (exact) mass is 258 g/mol. The molecule has 3 rings (SSSR count). The molecule has 5 heteroatoms. The van der Waals surface area contributed by atoms with Gasteiger partial charge in [-0.15, -0.1) is 0 Å². The molecule has 1 aliphatic heterocycles. The van der Waals surface area contributed by atoms with E-state index < -0.39 is 0 Å². The summed E-state index contributed by atoms with van der Waals surface area (Å²) in [7, 11) is 0. The molecule has 0 amide bonds. The maximum Gasteiger partial charge on any atom is 0.246 e. The van der Waals surface area contributed by atoms with E-state index in [0.717, 1.165) is 36.9 Å². The highest BCUT2D eigenvalue weighted by Crippen LogP contribution is 2.30. The average molecular weight is 258 g/mol. The minimum Gasteiger partial charge on any atom is -0.337 e. The van der Waals surface area contributed by atoms with E-state index in [2.05, 4.69) is 34.3 Å². The summed E-state index contributed by atoms with van der Waals surface area (Å²) in [5, 5.41) is 7.57. The SMILES string of the molecule is CCc1cnccc1-c1noc(C2(C)CCCN2)n1. The van der Waals surface area contributed by atoms with Gasteiger partial charge in [-0.25, -0.2) is 0 Å². The Balaban J connectivity index is 1.97. The quantitative estimate of drug-likeness (QED) is 0.915. The van der Waals surface area contributed by atoms with Crippen LogP contribution in [0.2, 0.25) is 0 Å². The summed E-state index contributed by atoms with van der Waals surface area (Å²) in [6.07, 6.45) is 6.71. The van der Waals surface area contributed by atoms with Gasteiger partial charge in [-0.05, 0) is 44.4 Å². The van der Waals surface area contributed by atoms with Crippen LogP contribution in [0.25, 0.3) is 11.4 Å². The van der Waals surface area contributed by atoms with Crippen molar-refractivity contribution in [3.8, 4) is 11.4 Å². The molecule has 1 unspecified atom stereocenters. The summed E-state index contributed by atoms with van der Waals surface area (Å²) in [6.45, 7) is 5.22. The normalized spacial score (nSPS) is 22.8. The maximum atomic E-state index is 5.46. The predicted octanol–water partition coefficient (Wildman–Crippen LogP) is 2.29. The zero-order valence-corrected chi connectivity index (χ0v) is 11.3. The van der Waals surface area contributed by atoms with Crippen molar-refractivity contribution >= 4 is 0 Å². The van der Waals surface area contributed by atoms with Gasteiger partial charge in [0.05, 0.1) is 5.54 Å². The van der Waals surface area contributed by atoms with Gasteiger partial charge in [0, 0.05) is 18.0 Å². The minimum atomic E-state index is -0.176. The Kier molecular flexibility index (Phi) is 3.06. The lowest BCUT2D eigenvalue weighted by Gasteiger charge is -2.18. The van der Waals surface area contributed by atoms with Crippen molar-refractivity contribution in [1.82, 2.24) is 20.4 Å². The summed E-state index contributed by atoms with van der Waals surface area (Å²) in [5.41, 5.74) is 1.97. The van der Waals surface area contributed by atoms with Gasteiger partial charge in [0.2, 0.25) is 11.7 Å². The number of hydrogen-bond donors (Lipinski definition) is 1. The molecule has 100 valence electrons. The Hall–Kier alpha value is -1.75. The molecule has 1 fully saturated rings. The fraction of sp³-hybridized carbons (Fsp3) is 0.500. The third-order valence-electron chi connectivity index (χ3n) is 3.79. The Morgan fingerprint density at radius 1 is 1.47 bits per heavy atom. The van der Waals surface area contributed by atoms with Crippen LogP contribution in [0, 0.1) is 0 Å². The fourth-order valence-electron chi connectivity index (χ4n) is 2.56. The second kappa shape index (κ2) is 4.74. The van der Waals surface area contributed by atoms with Crippen molar-refractivity contribution in [3.63, 3.8) is 0 Å². The first-order chi connectivity index (χ1) is 9.23. The van der Waals surface area contributed by atoms with Crippen LogP contribution in [0.3, 0.4) is 0 Å². The summed E-state index contributed by atoms with van der Waals surface area (Å²) in [6, 6.07) is 1.94. The standard InChI is InChI=1S/C14H18N4O/c1-3-10-9-15-8-5-11(10)12-17-13(19-18-12)14(2)6-4-7-16-14/h5,8-9,16H,3-4,6-7H2,1-2H3. The molecule has 0 spiro atoms. The van der Waals surface area contributed by atoms with Crippen molar-refractivity contribution < 1.29 is 4.52 Å². The van der Waals surface area contributed by atoms with Gasteiger partial charge in [-0.3, -0.25) is 4.98 Å². The van der Waals surface area contributed by atoms with Gasteiger partial charge < -0.3 is 9.84 Å². The number of nitrogens with zero attached hydrogens (tertiary/aromatic N) is 3. The fourth-order valence-corrected chi connectivity index (χ4v) is 2.56. The van der Waals surface area contributed by atoms with Gasteiger partial charge >= 0.3 is 0 Å². The van der Waals surface area contributed by atoms with Crippen molar-refractivity contribution in [2.45, 2.75) is 38.6 Å². The van der Waals surface area contributed by atoms with E-state index in [1.165, 1.54) is 0 Å². The largest absolute Gasteiger partial charge is 0.337 e. The van der Waals surface area contributed by atoms with Crippen LogP contribution >= 0.6 is 0 Å². The highest BCUT2D eigenvalue weighted by atomic mass is 16.5. The van der Waals surface area contributed by atoms with E-state index in [0.29, 0.717) is 11.7 Å². The molecular formula is C14H18N4O. The lowest BCUT2D eigenvalue weighted by molar-refractivity contribution is 0.275. The molecule has 5 nitrogen and oxygen atoms in total. The van der Waals surface area contributed by atoms with Crippen molar-refractivity contribution in [3.05, 3.63) is 29.9 Å². The van der Waals surface area contributed by atoms with Crippen LogP contribution in [0.15, 0.2) is 23.0 Å². The molecule has 0 bridgehead atoms. The maximum absolute atomic E-state index is 5.46. The number of hydrogen-bond acceptors (Lipinski definition) is 5. The summed E-state index contributed by atoms with van der Waals surface area (Å²) in [5.74, 6) is 1.34. The highest BCUT2D eigenvalue weighted by Gasteiger charge is 2.35. The number of aryl methyl sites for hydroxylation is 1. The van der Waals surface area contributed by atoms with Crippen LogP contribution < -0.4 is 5.32 Å². The molecule has 0 aliphatic carbocycles. The summed E-state index contributed by atoms with van der Waals surface area (Å²) < 4.78 is 5.46. The third-order valence-corrected chi connectivity index (χ3v) is 3.79. The van der Waals surface area contributed by atoms with E-state index in [9.17, 15) is 0 Å². The molecule has 0 radical (unpaired) electrons. The van der Waals surface area contributed by atoms with Crippen molar-refractivity contribution in [2.24, 2.45) is 0 Å². The van der Waals surface area contributed by atoms with Crippen LogP contribution in [0.1, 0.15) is 38.1 Å². The van der Waals surface area contributed by atoms with Gasteiger partial charge in [0.25, 0.3) is 0 Å². The molecule has 1 saturated heterocycles. The number of pyridine rings is 1. The summed E-state index contributed by atoms with van der Waals surface area (Å²) in [4.78, 5) is 8.72. The van der Waals surface area contributed by atoms with E-state index in [1.54, 1.807) is 6.20 Å². The van der Waals surface area contributed by atoms with Gasteiger partial charge in [-0.2, -0.15) is 4.98 Å². The second-order valence-corrected chi connectivity index (χ2v) is 5.17. The van der Waals surface area contributed by atoms with E-state index in [1.807, 2.05) is 12.3 Å². The smallest absolute Gasteiger partial charge is 0.246 e. The molecule has 19 heavy (non-hydrogen) atoms. The topological polar surface area (TPSA) is 63.8 Å². The molecule has 0 saturated carbocycles. The Morgan fingerprint density at radius 3 is 3.11 bits per heavy atom. The first-order valence-corrected chi connectivity index (χ1v) is 6.75. The molecule has 1 N–H and O–H groups in total. The Bertz CT molecular complexity index is 572. The predicted molar refractivity (Wildman–Crippen MR) is 71.5 cm³/mol. The zero-order chi connectivity index (χ0) is 13.3. The Labute approximate surface area is 112 Å². The number of aromatic nitrogens is 3. The first kappa shape index (κ1) is 12.3. The lowest BCUT2D eigenvalue weighted by atomic mass is 10.0. The van der Waals surface area contributed by atoms with Crippen molar-refractivity contribution in [1.29, 1.82) is 0 Å². The molecule has 1 aliphatic rings. The molecule has 0 aromatic carbocycles. The van der Waals surface area contributed by atoms with E-state index in [4.69, 9.17) is 4.52 Å². The molecule has 2 aromatic rings. The van der Waals surface area contributed by atoms with Crippen LogP contribution in [0.5, 0.6) is 0 Å². The minimum absolute atomic E-state index is 0.176. The molecular weight excluding hydrogens is 240 g/mol. The van der Waals surface area contributed by atoms with Gasteiger partial charge in [0.1, 0.15) is 0 Å². The molecule has 3 heterocycles. The van der Waals surface area contributed by atoms with Crippen LogP contribution in [0.4, 0.5) is 0 Å². The lowest BCUT2D eigenvalue weighted by Crippen LogP contribution is -2.33. The molecule has 1 atom stereocenters. The van der Waals surface area contributed by atoms with Crippen LogP contribution in [-0.4, -0.2) is 21.7 Å².